The molecule has 0 aliphatic carbocycles. The smallest absolute Gasteiger partial charge is 0.264 e. The number of ether oxygens (including phenoxy) is 2. The number of anilines is 1. The van der Waals surface area contributed by atoms with E-state index in [9.17, 15) is 4.79 Å². The Morgan fingerprint density at radius 3 is 2.87 bits per heavy atom. The lowest BCUT2D eigenvalue weighted by molar-refractivity contribution is -0.130. The summed E-state index contributed by atoms with van der Waals surface area (Å²) in [6, 6.07) is 11.1. The van der Waals surface area contributed by atoms with Crippen LogP contribution in [0.1, 0.15) is 5.56 Å². The minimum absolute atomic E-state index is 0.192. The van der Waals surface area contributed by atoms with Crippen LogP contribution < -0.4 is 19.7 Å². The van der Waals surface area contributed by atoms with Gasteiger partial charge in [0, 0.05) is 26.8 Å². The van der Waals surface area contributed by atoms with Crippen molar-refractivity contribution in [2.75, 3.05) is 25.6 Å². The van der Waals surface area contributed by atoms with Crippen LogP contribution in [0.5, 0.6) is 11.5 Å². The molecular weight excluding hydrogens is 294 g/mol. The first-order valence-electron chi connectivity index (χ1n) is 7.42. The Kier molecular flexibility index (Phi) is 4.32. The quantitative estimate of drug-likeness (QED) is 0.929. The van der Waals surface area contributed by atoms with Gasteiger partial charge in [-0.15, -0.1) is 0 Å². The minimum atomic E-state index is -0.639. The number of nitrogens with one attached hydrogen (secondary N) is 1. The molecule has 0 saturated heterocycles. The van der Waals surface area contributed by atoms with Crippen molar-refractivity contribution in [1.82, 2.24) is 10.3 Å². The molecule has 1 aromatic carbocycles. The molecule has 0 spiro atoms. The predicted molar refractivity (Wildman–Crippen MR) is 86.8 cm³/mol. The summed E-state index contributed by atoms with van der Waals surface area (Å²) in [5.74, 6) is 1.92. The fourth-order valence-corrected chi connectivity index (χ4v) is 2.27. The first-order valence-corrected chi connectivity index (χ1v) is 7.42. The van der Waals surface area contributed by atoms with Gasteiger partial charge in [-0.25, -0.2) is 4.98 Å². The molecule has 1 aliphatic rings. The monoisotopic (exact) mass is 313 g/mol. The molecule has 120 valence electrons. The number of hydrogen-bond donors (Lipinski definition) is 1. The first kappa shape index (κ1) is 15.1. The number of nitrogens with zero attached hydrogens (tertiary/aromatic N) is 2. The zero-order valence-electron chi connectivity index (χ0n) is 13.2. The van der Waals surface area contributed by atoms with Gasteiger partial charge in [0.1, 0.15) is 12.4 Å². The van der Waals surface area contributed by atoms with Gasteiger partial charge in [-0.05, 0) is 29.8 Å². The Hall–Kier alpha value is -2.76. The molecule has 0 saturated carbocycles. The van der Waals surface area contributed by atoms with Crippen LogP contribution in [0.25, 0.3) is 0 Å². The van der Waals surface area contributed by atoms with Crippen molar-refractivity contribution < 1.29 is 14.3 Å². The van der Waals surface area contributed by atoms with Crippen molar-refractivity contribution in [3.05, 3.63) is 48.2 Å². The molecule has 1 N–H and O–H groups in total. The lowest BCUT2D eigenvalue weighted by Gasteiger charge is -2.25. The van der Waals surface area contributed by atoms with Gasteiger partial charge in [0.25, 0.3) is 5.91 Å². The van der Waals surface area contributed by atoms with E-state index in [-0.39, 0.29) is 12.5 Å². The van der Waals surface area contributed by atoms with Crippen LogP contribution >= 0.6 is 0 Å². The number of para-hydroxylation sites is 2. The van der Waals surface area contributed by atoms with Gasteiger partial charge in [-0.3, -0.25) is 4.79 Å². The molecule has 0 fully saturated rings. The normalized spacial score (nSPS) is 15.8. The van der Waals surface area contributed by atoms with Gasteiger partial charge >= 0.3 is 0 Å². The lowest BCUT2D eigenvalue weighted by Crippen LogP contribution is -2.43. The topological polar surface area (TPSA) is 63.7 Å². The Balaban J connectivity index is 1.59. The summed E-state index contributed by atoms with van der Waals surface area (Å²) in [6.07, 6.45) is 1.09. The molecule has 3 rings (SSSR count). The molecule has 0 unspecified atom stereocenters. The van der Waals surface area contributed by atoms with Crippen LogP contribution in [-0.4, -0.2) is 37.7 Å². The fourth-order valence-electron chi connectivity index (χ4n) is 2.27. The maximum absolute atomic E-state index is 12.3. The highest BCUT2D eigenvalue weighted by Gasteiger charge is 2.26. The van der Waals surface area contributed by atoms with E-state index in [4.69, 9.17) is 9.47 Å². The second-order valence-corrected chi connectivity index (χ2v) is 5.50. The third-order valence-corrected chi connectivity index (χ3v) is 3.54. The van der Waals surface area contributed by atoms with E-state index < -0.39 is 6.10 Å². The Bertz CT molecular complexity index is 703. The molecule has 2 aromatic rings. The van der Waals surface area contributed by atoms with E-state index in [1.165, 1.54) is 0 Å². The van der Waals surface area contributed by atoms with Gasteiger partial charge in [-0.2, -0.15) is 0 Å². The number of benzene rings is 1. The van der Waals surface area contributed by atoms with E-state index in [1.807, 2.05) is 49.3 Å². The van der Waals surface area contributed by atoms with Gasteiger partial charge in [-0.1, -0.05) is 12.1 Å². The lowest BCUT2D eigenvalue weighted by atomic mass is 10.2. The van der Waals surface area contributed by atoms with Crippen molar-refractivity contribution >= 4 is 11.7 Å². The summed E-state index contributed by atoms with van der Waals surface area (Å²) in [4.78, 5) is 18.4. The number of rotatable bonds is 4. The number of pyridine rings is 1. The van der Waals surface area contributed by atoms with Gasteiger partial charge < -0.3 is 19.7 Å². The van der Waals surface area contributed by atoms with E-state index in [2.05, 4.69) is 10.3 Å². The average molecular weight is 313 g/mol. The molecule has 6 nitrogen and oxygen atoms in total. The number of carbonyl (C=O) groups excluding carboxylic acids is 1. The SMILES string of the molecule is CN(C)c1cc(CNC(=O)[C@@H]2COc3ccccc3O2)ccn1. The van der Waals surface area contributed by atoms with Gasteiger partial charge in [0.2, 0.25) is 6.10 Å². The fraction of sp³-hybridized carbons (Fsp3) is 0.294. The summed E-state index contributed by atoms with van der Waals surface area (Å²) in [5, 5.41) is 2.88. The van der Waals surface area contributed by atoms with Crippen LogP contribution in [-0.2, 0) is 11.3 Å². The van der Waals surface area contributed by atoms with Crippen LogP contribution in [0.15, 0.2) is 42.6 Å². The predicted octanol–water partition coefficient (Wildman–Crippen LogP) is 1.60. The molecule has 23 heavy (non-hydrogen) atoms. The van der Waals surface area contributed by atoms with Crippen molar-refractivity contribution in [2.24, 2.45) is 0 Å². The molecule has 1 atom stereocenters. The molecule has 1 amide bonds. The Morgan fingerprint density at radius 2 is 2.09 bits per heavy atom. The summed E-state index contributed by atoms with van der Waals surface area (Å²) >= 11 is 0. The Labute approximate surface area is 135 Å². The summed E-state index contributed by atoms with van der Waals surface area (Å²) in [6.45, 7) is 0.631. The maximum atomic E-state index is 12.3. The van der Waals surface area contributed by atoms with Gasteiger partial charge in [0.15, 0.2) is 11.5 Å². The molecule has 6 heteroatoms. The highest BCUT2D eigenvalue weighted by Crippen LogP contribution is 2.30. The Morgan fingerprint density at radius 1 is 1.30 bits per heavy atom. The van der Waals surface area contributed by atoms with E-state index >= 15 is 0 Å². The third kappa shape index (κ3) is 3.53. The zero-order valence-corrected chi connectivity index (χ0v) is 13.2. The first-order chi connectivity index (χ1) is 11.1. The van der Waals surface area contributed by atoms with E-state index in [1.54, 1.807) is 12.3 Å². The minimum Gasteiger partial charge on any atom is -0.485 e. The molecule has 1 aliphatic heterocycles. The number of aromatic nitrogens is 1. The molecule has 0 bridgehead atoms. The van der Waals surface area contributed by atoms with Crippen molar-refractivity contribution in [2.45, 2.75) is 12.6 Å². The third-order valence-electron chi connectivity index (χ3n) is 3.54. The molecule has 0 radical (unpaired) electrons. The molecule has 2 heterocycles. The number of amides is 1. The highest BCUT2D eigenvalue weighted by atomic mass is 16.6. The molecular formula is C17H19N3O3. The maximum Gasteiger partial charge on any atom is 0.264 e. The largest absolute Gasteiger partial charge is 0.485 e. The second-order valence-electron chi connectivity index (χ2n) is 5.50. The van der Waals surface area contributed by atoms with Crippen molar-refractivity contribution in [3.8, 4) is 11.5 Å². The number of carbonyl (C=O) groups is 1. The van der Waals surface area contributed by atoms with Crippen LogP contribution in [0, 0.1) is 0 Å². The number of fused-ring (bicyclic) bond motifs is 1. The van der Waals surface area contributed by atoms with Crippen LogP contribution in [0.4, 0.5) is 5.82 Å². The second kappa shape index (κ2) is 6.56. The zero-order chi connectivity index (χ0) is 16.2. The van der Waals surface area contributed by atoms with Gasteiger partial charge in [0.05, 0.1) is 0 Å². The van der Waals surface area contributed by atoms with Crippen LogP contribution in [0.2, 0.25) is 0 Å². The van der Waals surface area contributed by atoms with E-state index in [0.29, 0.717) is 18.0 Å². The van der Waals surface area contributed by atoms with Crippen molar-refractivity contribution in [3.63, 3.8) is 0 Å². The van der Waals surface area contributed by atoms with Crippen molar-refractivity contribution in [1.29, 1.82) is 0 Å². The summed E-state index contributed by atoms with van der Waals surface area (Å²) in [5.41, 5.74) is 0.981. The standard InChI is InChI=1S/C17H19N3O3/c1-20(2)16-9-12(7-8-18-16)10-19-17(21)15-11-22-13-5-3-4-6-14(13)23-15/h3-9,15H,10-11H2,1-2H3,(H,19,21)/t15-/m0/s1. The van der Waals surface area contributed by atoms with Crippen LogP contribution in [0.3, 0.4) is 0 Å². The summed E-state index contributed by atoms with van der Waals surface area (Å²) < 4.78 is 11.2. The summed E-state index contributed by atoms with van der Waals surface area (Å²) in [7, 11) is 3.85. The van der Waals surface area contributed by atoms with E-state index in [0.717, 1.165) is 11.4 Å². The number of hydrogen-bond acceptors (Lipinski definition) is 5. The average Bonchev–Trinajstić information content (AvgIpc) is 2.59. The highest BCUT2D eigenvalue weighted by molar-refractivity contribution is 5.81. The molecule has 1 aromatic heterocycles.